The Morgan fingerprint density at radius 1 is 1.21 bits per heavy atom. The lowest BCUT2D eigenvalue weighted by Gasteiger charge is -2.30. The molecule has 2 aromatic heterocycles. The van der Waals surface area contributed by atoms with Crippen LogP contribution in [0.2, 0.25) is 0 Å². The SMILES string of the molecule is CC(C)(C)C(O)c1ccc(-c2cc3nccnc3c(OC[C@@H]3CN(S(C)(=O)=O)CCO3)n2)cc1. The largest absolute Gasteiger partial charge is 0.473 e. The molecule has 1 aliphatic rings. The molecule has 0 amide bonds. The molecule has 1 aromatic carbocycles. The summed E-state index contributed by atoms with van der Waals surface area (Å²) in [4.78, 5) is 13.4. The number of aliphatic hydroxyl groups excluding tert-OH is 1. The Kier molecular flexibility index (Phi) is 6.86. The van der Waals surface area contributed by atoms with Crippen molar-refractivity contribution >= 4 is 21.1 Å². The van der Waals surface area contributed by atoms with Crippen molar-refractivity contribution in [2.24, 2.45) is 5.41 Å². The minimum atomic E-state index is -3.30. The van der Waals surface area contributed by atoms with Gasteiger partial charge in [-0.25, -0.2) is 18.4 Å². The molecule has 4 rings (SSSR count). The van der Waals surface area contributed by atoms with Gasteiger partial charge in [0.2, 0.25) is 15.9 Å². The Labute approximate surface area is 199 Å². The molecule has 1 fully saturated rings. The van der Waals surface area contributed by atoms with Gasteiger partial charge < -0.3 is 14.6 Å². The van der Waals surface area contributed by atoms with E-state index in [1.54, 1.807) is 12.4 Å². The first-order chi connectivity index (χ1) is 16.0. The van der Waals surface area contributed by atoms with Crippen LogP contribution in [0.15, 0.2) is 42.7 Å². The van der Waals surface area contributed by atoms with Gasteiger partial charge >= 0.3 is 0 Å². The van der Waals surface area contributed by atoms with E-state index in [0.29, 0.717) is 35.8 Å². The predicted molar refractivity (Wildman–Crippen MR) is 129 cm³/mol. The third-order valence-electron chi connectivity index (χ3n) is 5.74. The smallest absolute Gasteiger partial charge is 0.242 e. The van der Waals surface area contributed by atoms with Gasteiger partial charge in [0, 0.05) is 31.0 Å². The van der Waals surface area contributed by atoms with Crippen LogP contribution in [0.1, 0.15) is 32.4 Å². The summed E-state index contributed by atoms with van der Waals surface area (Å²) in [5.41, 5.74) is 3.21. The van der Waals surface area contributed by atoms with E-state index in [1.165, 1.54) is 10.6 Å². The molecule has 1 N–H and O–H groups in total. The van der Waals surface area contributed by atoms with Crippen molar-refractivity contribution < 1.29 is 23.0 Å². The summed E-state index contributed by atoms with van der Waals surface area (Å²) in [6.45, 7) is 6.96. The number of nitrogens with zero attached hydrogens (tertiary/aromatic N) is 4. The molecular weight excluding hydrogens is 456 g/mol. The highest BCUT2D eigenvalue weighted by Crippen LogP contribution is 2.34. The van der Waals surface area contributed by atoms with E-state index in [9.17, 15) is 13.5 Å². The van der Waals surface area contributed by atoms with E-state index in [0.717, 1.165) is 11.1 Å². The highest BCUT2D eigenvalue weighted by molar-refractivity contribution is 7.88. The lowest BCUT2D eigenvalue weighted by atomic mass is 9.84. The highest BCUT2D eigenvalue weighted by atomic mass is 32.2. The van der Waals surface area contributed by atoms with Gasteiger partial charge in [0.05, 0.1) is 30.2 Å². The molecule has 0 aliphatic carbocycles. The minimum absolute atomic E-state index is 0.130. The third kappa shape index (κ3) is 5.52. The second kappa shape index (κ2) is 9.53. The van der Waals surface area contributed by atoms with E-state index in [4.69, 9.17) is 9.47 Å². The molecule has 9 nitrogen and oxygen atoms in total. The molecule has 1 unspecified atom stereocenters. The van der Waals surface area contributed by atoms with E-state index in [2.05, 4.69) is 15.0 Å². The Hall–Kier alpha value is -2.66. The zero-order chi connectivity index (χ0) is 24.5. The summed E-state index contributed by atoms with van der Waals surface area (Å²) in [7, 11) is -3.30. The molecule has 1 aliphatic heterocycles. The highest BCUT2D eigenvalue weighted by Gasteiger charge is 2.27. The van der Waals surface area contributed by atoms with Crippen LogP contribution >= 0.6 is 0 Å². The normalized spacial score (nSPS) is 18.7. The molecule has 3 aromatic rings. The molecule has 3 heterocycles. The maximum absolute atomic E-state index is 11.9. The summed E-state index contributed by atoms with van der Waals surface area (Å²) < 4.78 is 36.8. The number of aromatic nitrogens is 3. The molecule has 0 spiro atoms. The van der Waals surface area contributed by atoms with Gasteiger partial charge in [-0.15, -0.1) is 0 Å². The predicted octanol–water partition coefficient (Wildman–Crippen LogP) is 2.81. The van der Waals surface area contributed by atoms with Crippen molar-refractivity contribution in [2.75, 3.05) is 32.6 Å². The number of morpholine rings is 1. The number of ether oxygens (including phenoxy) is 2. The van der Waals surface area contributed by atoms with Crippen LogP contribution in [0.3, 0.4) is 0 Å². The number of hydrogen-bond acceptors (Lipinski definition) is 8. The second-order valence-electron chi connectivity index (χ2n) is 9.55. The Morgan fingerprint density at radius 3 is 2.59 bits per heavy atom. The number of aliphatic hydroxyl groups is 1. The van der Waals surface area contributed by atoms with E-state index in [1.807, 2.05) is 51.1 Å². The van der Waals surface area contributed by atoms with Crippen LogP contribution in [0.4, 0.5) is 0 Å². The number of fused-ring (bicyclic) bond motifs is 1. The first-order valence-electron chi connectivity index (χ1n) is 11.1. The van der Waals surface area contributed by atoms with Gasteiger partial charge in [-0.3, -0.25) is 4.98 Å². The van der Waals surface area contributed by atoms with Crippen molar-refractivity contribution in [3.8, 4) is 17.1 Å². The van der Waals surface area contributed by atoms with Crippen LogP contribution < -0.4 is 4.74 Å². The average molecular weight is 487 g/mol. The molecule has 10 heteroatoms. The summed E-state index contributed by atoms with van der Waals surface area (Å²) in [6, 6.07) is 9.44. The van der Waals surface area contributed by atoms with Crippen molar-refractivity contribution in [3.05, 3.63) is 48.3 Å². The van der Waals surface area contributed by atoms with Crippen LogP contribution in [0, 0.1) is 5.41 Å². The Bertz CT molecular complexity index is 1260. The third-order valence-corrected chi connectivity index (χ3v) is 7.01. The topological polar surface area (TPSA) is 115 Å². The van der Waals surface area contributed by atoms with E-state index >= 15 is 0 Å². The summed E-state index contributed by atoms with van der Waals surface area (Å²) in [5, 5.41) is 10.6. The first kappa shape index (κ1) is 24.5. The molecule has 1 saturated heterocycles. The standard InChI is InChI=1S/C24H30N4O5S/c1-24(2,3)22(29)17-7-5-16(6-8-17)19-13-20-21(26-10-9-25-20)23(27-19)33-15-18-14-28(11-12-32-18)34(4,30)31/h5-10,13,18,22,29H,11-12,14-15H2,1-4H3/t18-,22?/m0/s1. The number of hydrogen-bond donors (Lipinski definition) is 1. The van der Waals surface area contributed by atoms with Crippen LogP contribution in [0.5, 0.6) is 5.88 Å². The van der Waals surface area contributed by atoms with Crippen molar-refractivity contribution in [1.29, 1.82) is 0 Å². The molecule has 2 atom stereocenters. The van der Waals surface area contributed by atoms with Gasteiger partial charge in [0.1, 0.15) is 12.7 Å². The zero-order valence-electron chi connectivity index (χ0n) is 19.8. The maximum atomic E-state index is 11.9. The quantitative estimate of drug-likeness (QED) is 0.566. The fraction of sp³-hybridized carbons (Fsp3) is 0.458. The van der Waals surface area contributed by atoms with E-state index < -0.39 is 22.2 Å². The average Bonchev–Trinajstić information content (AvgIpc) is 2.81. The Morgan fingerprint density at radius 2 is 1.91 bits per heavy atom. The Balaban J connectivity index is 1.59. The lowest BCUT2D eigenvalue weighted by Crippen LogP contribution is -2.47. The number of rotatable bonds is 6. The van der Waals surface area contributed by atoms with Gasteiger partial charge in [0.15, 0.2) is 5.52 Å². The van der Waals surface area contributed by atoms with Crippen LogP contribution in [0.25, 0.3) is 22.3 Å². The van der Waals surface area contributed by atoms with Gasteiger partial charge in [-0.05, 0) is 17.0 Å². The molecule has 34 heavy (non-hydrogen) atoms. The van der Waals surface area contributed by atoms with Crippen LogP contribution in [-0.4, -0.2) is 71.4 Å². The molecule has 0 saturated carbocycles. The summed E-state index contributed by atoms with van der Waals surface area (Å²) in [5.74, 6) is 0.305. The number of sulfonamides is 1. The van der Waals surface area contributed by atoms with Gasteiger partial charge in [0.25, 0.3) is 0 Å². The van der Waals surface area contributed by atoms with Crippen LogP contribution in [-0.2, 0) is 14.8 Å². The number of benzene rings is 1. The van der Waals surface area contributed by atoms with Gasteiger partial charge in [-0.2, -0.15) is 4.31 Å². The van der Waals surface area contributed by atoms with Crippen molar-refractivity contribution in [3.63, 3.8) is 0 Å². The monoisotopic (exact) mass is 486 g/mol. The minimum Gasteiger partial charge on any atom is -0.473 e. The first-order valence-corrected chi connectivity index (χ1v) is 13.0. The second-order valence-corrected chi connectivity index (χ2v) is 11.5. The molecule has 0 bridgehead atoms. The zero-order valence-corrected chi connectivity index (χ0v) is 20.6. The molecular formula is C24H30N4O5S. The fourth-order valence-corrected chi connectivity index (χ4v) is 4.64. The van der Waals surface area contributed by atoms with E-state index in [-0.39, 0.29) is 18.6 Å². The molecule has 0 radical (unpaired) electrons. The van der Waals surface area contributed by atoms with Gasteiger partial charge in [-0.1, -0.05) is 45.0 Å². The summed E-state index contributed by atoms with van der Waals surface area (Å²) in [6.07, 6.45) is 3.36. The van der Waals surface area contributed by atoms with Crippen molar-refractivity contribution in [1.82, 2.24) is 19.3 Å². The summed E-state index contributed by atoms with van der Waals surface area (Å²) >= 11 is 0. The number of pyridine rings is 1. The molecule has 182 valence electrons. The maximum Gasteiger partial charge on any atom is 0.242 e. The van der Waals surface area contributed by atoms with Crippen molar-refractivity contribution in [2.45, 2.75) is 33.0 Å². The fourth-order valence-electron chi connectivity index (χ4n) is 3.79. The lowest BCUT2D eigenvalue weighted by molar-refractivity contribution is -0.0252.